The second-order valence-electron chi connectivity index (χ2n) is 21.6. The number of benzene rings is 3. The van der Waals surface area contributed by atoms with Crippen LogP contribution in [0, 0.1) is 12.7 Å². The van der Waals surface area contributed by atoms with Crippen LogP contribution in [0.25, 0.3) is 22.3 Å². The molecule has 3 atom stereocenters. The maximum absolute atomic E-state index is 15.4. The molecule has 0 bridgehead atoms. The molecule has 22 nitrogen and oxygen atoms in total. The molecule has 8 amide bonds. The molecule has 3 aliphatic heterocycles. The van der Waals surface area contributed by atoms with Crippen molar-refractivity contribution < 1.29 is 57.3 Å². The first-order chi connectivity index (χ1) is 40.4. The van der Waals surface area contributed by atoms with Crippen LogP contribution in [0.5, 0.6) is 0 Å². The van der Waals surface area contributed by atoms with Gasteiger partial charge in [-0.05, 0) is 104 Å². The Morgan fingerprint density at radius 1 is 0.857 bits per heavy atom. The van der Waals surface area contributed by atoms with Gasteiger partial charge in [-0.3, -0.25) is 43.3 Å². The lowest BCUT2D eigenvalue weighted by molar-refractivity contribution is -0.137. The van der Waals surface area contributed by atoms with E-state index in [-0.39, 0.29) is 87.4 Å². The van der Waals surface area contributed by atoms with Gasteiger partial charge in [-0.1, -0.05) is 55.8 Å². The highest BCUT2D eigenvalue weighted by molar-refractivity contribution is 6.12. The number of aliphatic hydroxyl groups is 1. The number of nitrogens with one attached hydrogen (secondary N) is 6. The van der Waals surface area contributed by atoms with Crippen LogP contribution >= 0.6 is 0 Å². The number of amides is 8. The number of hydrogen-bond donors (Lipinski definition) is 7. The molecule has 3 aromatic carbocycles. The van der Waals surface area contributed by atoms with E-state index in [0.29, 0.717) is 103 Å². The van der Waals surface area contributed by atoms with Crippen LogP contribution in [0.4, 0.5) is 14.9 Å². The van der Waals surface area contributed by atoms with E-state index in [0.717, 1.165) is 32.5 Å². The monoisotopic (exact) mass is 1150 g/mol. The van der Waals surface area contributed by atoms with Gasteiger partial charge in [-0.2, -0.15) is 0 Å². The Kier molecular flexibility index (Phi) is 19.1. The quantitative estimate of drug-likeness (QED) is 0.0318. The molecular formula is C61H69FN10O12. The van der Waals surface area contributed by atoms with Crippen LogP contribution < -0.4 is 37.5 Å². The van der Waals surface area contributed by atoms with Crippen molar-refractivity contribution in [1.82, 2.24) is 45.9 Å². The fourth-order valence-electron chi connectivity index (χ4n) is 11.1. The Labute approximate surface area is 483 Å². The van der Waals surface area contributed by atoms with E-state index in [1.54, 1.807) is 73.1 Å². The number of unbranched alkanes of at least 4 members (excludes halogenated alkanes) is 2. The SMILES string of the molecule is CC[C@@]1(O)COCc2c1cc1n(c2=O)Cc2c-1nc1cc(F)c(C)c3c1c2[C@@H](NCCCN(C)C(=O)OCc1ccc(NC(=O)CNC(=O)[C@H](Cc2ccccc2)NC(=O)CNC(=O)CNC(=O)CCCCCN2C(=O)C=CC2=O)cc1)CC3. The van der Waals surface area contributed by atoms with Crippen LogP contribution in [0.15, 0.2) is 83.7 Å². The van der Waals surface area contributed by atoms with Gasteiger partial charge in [0.1, 0.15) is 24.1 Å². The van der Waals surface area contributed by atoms with Crippen molar-refractivity contribution in [3.05, 3.63) is 140 Å². The number of hydrogen-bond acceptors (Lipinski definition) is 14. The molecule has 4 aliphatic rings. The zero-order valence-electron chi connectivity index (χ0n) is 47.2. The third kappa shape index (κ3) is 13.9. The summed E-state index contributed by atoms with van der Waals surface area (Å²) in [6.07, 6.45) is 5.94. The van der Waals surface area contributed by atoms with Crippen molar-refractivity contribution in [2.24, 2.45) is 0 Å². The molecule has 9 rings (SSSR count). The van der Waals surface area contributed by atoms with Crippen molar-refractivity contribution in [3.8, 4) is 11.4 Å². The average Bonchev–Trinajstić information content (AvgIpc) is 1.69. The predicted molar refractivity (Wildman–Crippen MR) is 306 cm³/mol. The lowest BCUT2D eigenvalue weighted by atomic mass is 9.81. The van der Waals surface area contributed by atoms with E-state index in [4.69, 9.17) is 14.5 Å². The first-order valence-corrected chi connectivity index (χ1v) is 28.3. The molecule has 0 unspecified atom stereocenters. The molecule has 5 heterocycles. The summed E-state index contributed by atoms with van der Waals surface area (Å²) in [6, 6.07) is 17.6. The molecule has 84 heavy (non-hydrogen) atoms. The number of pyridine rings is 2. The number of imide groups is 1. The molecular weight excluding hydrogens is 1080 g/mol. The summed E-state index contributed by atoms with van der Waals surface area (Å²) in [7, 11) is 1.65. The summed E-state index contributed by atoms with van der Waals surface area (Å²) >= 11 is 0. The highest BCUT2D eigenvalue weighted by Gasteiger charge is 2.40. The minimum absolute atomic E-state index is 0.0412. The fraction of sp³-hybridized carbons (Fsp3) is 0.410. The second-order valence-corrected chi connectivity index (χ2v) is 21.6. The van der Waals surface area contributed by atoms with Gasteiger partial charge in [0.15, 0.2) is 0 Å². The van der Waals surface area contributed by atoms with Gasteiger partial charge in [0, 0.05) is 79.4 Å². The first kappa shape index (κ1) is 59.9. The molecule has 5 aromatic rings. The van der Waals surface area contributed by atoms with E-state index in [2.05, 4.69) is 31.9 Å². The molecule has 2 aromatic heterocycles. The summed E-state index contributed by atoms with van der Waals surface area (Å²) in [6.45, 7) is 3.91. The van der Waals surface area contributed by atoms with Gasteiger partial charge >= 0.3 is 6.09 Å². The van der Waals surface area contributed by atoms with Crippen molar-refractivity contribution in [2.45, 2.75) is 109 Å². The molecule has 0 radical (unpaired) electrons. The minimum atomic E-state index is -1.32. The lowest BCUT2D eigenvalue weighted by Crippen LogP contribution is -2.52. The summed E-state index contributed by atoms with van der Waals surface area (Å²) in [5, 5.41) is 28.8. The van der Waals surface area contributed by atoms with Crippen molar-refractivity contribution in [1.29, 1.82) is 0 Å². The van der Waals surface area contributed by atoms with Gasteiger partial charge in [-0.15, -0.1) is 0 Å². The summed E-state index contributed by atoms with van der Waals surface area (Å²) in [4.78, 5) is 122. The molecule has 23 heteroatoms. The molecule has 0 saturated heterocycles. The van der Waals surface area contributed by atoms with Gasteiger partial charge in [0.25, 0.3) is 17.4 Å². The van der Waals surface area contributed by atoms with E-state index in [1.807, 2.05) is 13.0 Å². The lowest BCUT2D eigenvalue weighted by Gasteiger charge is -2.33. The number of carbonyl (C=O) groups excluding carboxylic acids is 8. The van der Waals surface area contributed by atoms with Gasteiger partial charge in [0.2, 0.25) is 29.5 Å². The number of anilines is 1. The highest BCUT2D eigenvalue weighted by Crippen LogP contribution is 2.46. The van der Waals surface area contributed by atoms with Crippen LogP contribution in [0.2, 0.25) is 0 Å². The smallest absolute Gasteiger partial charge is 0.409 e. The van der Waals surface area contributed by atoms with Crippen LogP contribution in [-0.4, -0.2) is 131 Å². The summed E-state index contributed by atoms with van der Waals surface area (Å²) < 4.78 is 28.4. The highest BCUT2D eigenvalue weighted by atomic mass is 19.1. The molecule has 0 fully saturated rings. The molecule has 7 N–H and O–H groups in total. The van der Waals surface area contributed by atoms with E-state index in [1.165, 1.54) is 23.1 Å². The van der Waals surface area contributed by atoms with E-state index < -0.39 is 54.5 Å². The summed E-state index contributed by atoms with van der Waals surface area (Å²) in [5.74, 6) is -3.95. The number of ether oxygens (including phenoxy) is 2. The standard InChI is InChI=1S/C61H69FN10O12/c1-4-61(82)35-83-34-42-43(61)27-48-57-41(32-72(48)59(42)80)56-45(20-19-40-36(2)44(62)28-46(69-57)55(40)56)63-23-11-24-70(3)60(81)84-33-38-15-17-39(18-16-38)67-51(75)31-66-58(79)47(26-37-12-7-5-8-13-37)68-52(76)30-65-50(74)29-64-49(73)14-9-6-10-25-71-53(77)21-22-54(71)78/h5,7-8,12-13,15-18,21-22,27-28,45,47,63,82H,4,6,9-11,14,19-20,23-26,29-35H2,1-3H3,(H,64,73)(H,65,74)(H,66,79)(H,67,75)(H,68,76)/t45-,47-,61+/m0/s1. The third-order valence-electron chi connectivity index (χ3n) is 15.8. The van der Waals surface area contributed by atoms with Crippen molar-refractivity contribution in [2.75, 3.05) is 58.2 Å². The Bertz CT molecular complexity index is 3460. The second kappa shape index (κ2) is 26.7. The summed E-state index contributed by atoms with van der Waals surface area (Å²) in [5.41, 5.74) is 6.29. The van der Waals surface area contributed by atoms with Crippen molar-refractivity contribution >= 4 is 64.0 Å². The van der Waals surface area contributed by atoms with E-state index in [9.17, 15) is 48.3 Å². The van der Waals surface area contributed by atoms with Crippen LogP contribution in [-0.2, 0) is 81.2 Å². The van der Waals surface area contributed by atoms with Gasteiger partial charge in [-0.25, -0.2) is 14.2 Å². The number of carbonyl (C=O) groups is 8. The number of nitrogens with zero attached hydrogens (tertiary/aromatic N) is 4. The average molecular weight is 1150 g/mol. The maximum atomic E-state index is 15.4. The molecule has 442 valence electrons. The minimum Gasteiger partial charge on any atom is -0.445 e. The zero-order chi connectivity index (χ0) is 59.7. The number of rotatable bonds is 25. The van der Waals surface area contributed by atoms with Gasteiger partial charge in [0.05, 0.1) is 56.3 Å². The molecule has 1 aliphatic carbocycles. The van der Waals surface area contributed by atoms with Crippen LogP contribution in [0.3, 0.4) is 0 Å². The van der Waals surface area contributed by atoms with E-state index >= 15 is 4.39 Å². The Morgan fingerprint density at radius 2 is 1.58 bits per heavy atom. The maximum Gasteiger partial charge on any atom is 0.409 e. The number of fused-ring (bicyclic) bond motifs is 5. The topological polar surface area (TPSA) is 289 Å². The number of aromatic nitrogens is 2. The predicted octanol–water partition coefficient (Wildman–Crippen LogP) is 3.74. The third-order valence-corrected chi connectivity index (χ3v) is 15.8. The Morgan fingerprint density at radius 3 is 2.33 bits per heavy atom. The zero-order valence-corrected chi connectivity index (χ0v) is 47.2. The molecule has 0 saturated carbocycles. The first-order valence-electron chi connectivity index (χ1n) is 28.3. The Balaban J connectivity index is 0.699. The molecule has 0 spiro atoms. The van der Waals surface area contributed by atoms with Crippen LogP contribution in [0.1, 0.15) is 102 Å². The number of halogens is 1. The normalized spacial score (nSPS) is 16.8. The Hall–Kier alpha value is -8.67. The largest absolute Gasteiger partial charge is 0.445 e. The number of aryl methyl sites for hydroxylation is 1. The van der Waals surface area contributed by atoms with Gasteiger partial charge < -0.3 is 55.9 Å². The van der Waals surface area contributed by atoms with Crippen molar-refractivity contribution in [3.63, 3.8) is 0 Å². The fourth-order valence-corrected chi connectivity index (χ4v) is 11.1.